The number of benzene rings is 1. The van der Waals surface area contributed by atoms with Crippen LogP contribution in [0, 0.1) is 11.8 Å². The molecule has 1 saturated carbocycles. The Bertz CT molecular complexity index is 588. The maximum Gasteiger partial charge on any atom is 0.169 e. The molecule has 0 spiro atoms. The first-order chi connectivity index (χ1) is 9.72. The van der Waals surface area contributed by atoms with Crippen molar-refractivity contribution >= 4 is 22.7 Å². The maximum atomic E-state index is 5.99. The molecule has 3 N–H and O–H groups in total. The lowest BCUT2D eigenvalue weighted by molar-refractivity contribution is 0.300. The highest BCUT2D eigenvalue weighted by Gasteiger charge is 2.18. The number of para-hydroxylation sites is 2. The van der Waals surface area contributed by atoms with Crippen molar-refractivity contribution in [1.29, 1.82) is 0 Å². The van der Waals surface area contributed by atoms with Gasteiger partial charge in [0, 0.05) is 6.54 Å². The summed E-state index contributed by atoms with van der Waals surface area (Å²) < 4.78 is 0. The van der Waals surface area contributed by atoms with E-state index in [2.05, 4.69) is 22.2 Å². The number of hydrogen-bond acceptors (Lipinski definition) is 4. The van der Waals surface area contributed by atoms with Gasteiger partial charge in [0.1, 0.15) is 0 Å². The van der Waals surface area contributed by atoms with E-state index in [1.165, 1.54) is 25.7 Å². The van der Waals surface area contributed by atoms with Crippen LogP contribution in [0.3, 0.4) is 0 Å². The zero-order valence-corrected chi connectivity index (χ0v) is 12.0. The highest BCUT2D eigenvalue weighted by molar-refractivity contribution is 5.79. The van der Waals surface area contributed by atoms with Crippen LogP contribution in [0.15, 0.2) is 24.3 Å². The van der Waals surface area contributed by atoms with Crippen molar-refractivity contribution in [1.82, 2.24) is 9.97 Å². The fourth-order valence-electron chi connectivity index (χ4n) is 2.92. The fraction of sp³-hybridized carbons (Fsp3) is 0.500. The summed E-state index contributed by atoms with van der Waals surface area (Å²) in [5, 5.41) is 3.39. The van der Waals surface area contributed by atoms with Crippen molar-refractivity contribution in [3.63, 3.8) is 0 Å². The lowest BCUT2D eigenvalue weighted by atomic mass is 9.83. The molecule has 1 aliphatic rings. The standard InChI is InChI=1S/C16H22N4/c1-11-6-8-12(9-7-11)10-18-16-15(17)19-13-4-2-3-5-14(13)20-16/h2-5,11-12H,6-10H2,1H3,(H2,17,19)(H,18,20). The number of nitrogens with one attached hydrogen (secondary N) is 1. The van der Waals surface area contributed by atoms with Crippen LogP contribution >= 0.6 is 0 Å². The van der Waals surface area contributed by atoms with E-state index in [0.717, 1.165) is 35.2 Å². The molecule has 0 bridgehead atoms. The Kier molecular flexibility index (Phi) is 3.72. The molecule has 3 rings (SSSR count). The highest BCUT2D eigenvalue weighted by Crippen LogP contribution is 2.28. The van der Waals surface area contributed by atoms with Gasteiger partial charge >= 0.3 is 0 Å². The maximum absolute atomic E-state index is 5.99. The van der Waals surface area contributed by atoms with E-state index < -0.39 is 0 Å². The molecule has 106 valence electrons. The second kappa shape index (κ2) is 5.65. The number of anilines is 2. The van der Waals surface area contributed by atoms with Gasteiger partial charge in [-0.3, -0.25) is 0 Å². The summed E-state index contributed by atoms with van der Waals surface area (Å²) in [7, 11) is 0. The van der Waals surface area contributed by atoms with Crippen LogP contribution in [0.25, 0.3) is 11.0 Å². The Balaban J connectivity index is 1.69. The zero-order chi connectivity index (χ0) is 13.9. The summed E-state index contributed by atoms with van der Waals surface area (Å²) in [5.41, 5.74) is 7.73. The van der Waals surface area contributed by atoms with Crippen molar-refractivity contribution in [2.75, 3.05) is 17.6 Å². The van der Waals surface area contributed by atoms with Gasteiger partial charge in [0.25, 0.3) is 0 Å². The molecule has 1 aromatic carbocycles. The average molecular weight is 270 g/mol. The minimum absolute atomic E-state index is 0.493. The van der Waals surface area contributed by atoms with Gasteiger partial charge < -0.3 is 11.1 Å². The topological polar surface area (TPSA) is 63.8 Å². The molecular weight excluding hydrogens is 248 g/mol. The van der Waals surface area contributed by atoms with Crippen LogP contribution < -0.4 is 11.1 Å². The third kappa shape index (κ3) is 2.84. The Morgan fingerprint density at radius 3 is 2.45 bits per heavy atom. The molecule has 1 fully saturated rings. The molecule has 0 amide bonds. The van der Waals surface area contributed by atoms with E-state index >= 15 is 0 Å². The van der Waals surface area contributed by atoms with Gasteiger partial charge in [-0.05, 0) is 36.8 Å². The van der Waals surface area contributed by atoms with Crippen molar-refractivity contribution in [2.24, 2.45) is 11.8 Å². The third-order valence-corrected chi connectivity index (χ3v) is 4.29. The summed E-state index contributed by atoms with van der Waals surface area (Å²) in [4.78, 5) is 8.98. The average Bonchev–Trinajstić information content (AvgIpc) is 2.47. The van der Waals surface area contributed by atoms with E-state index in [-0.39, 0.29) is 0 Å². The summed E-state index contributed by atoms with van der Waals surface area (Å²) in [6.45, 7) is 3.29. The van der Waals surface area contributed by atoms with Crippen LogP contribution in [0.5, 0.6) is 0 Å². The monoisotopic (exact) mass is 270 g/mol. The molecule has 1 aromatic heterocycles. The van der Waals surface area contributed by atoms with Gasteiger partial charge in [0.15, 0.2) is 11.6 Å². The number of rotatable bonds is 3. The first-order valence-electron chi connectivity index (χ1n) is 7.48. The van der Waals surface area contributed by atoms with Crippen molar-refractivity contribution in [3.8, 4) is 0 Å². The van der Waals surface area contributed by atoms with E-state index in [9.17, 15) is 0 Å². The molecule has 20 heavy (non-hydrogen) atoms. The second-order valence-electron chi connectivity index (χ2n) is 5.95. The minimum Gasteiger partial charge on any atom is -0.381 e. The van der Waals surface area contributed by atoms with Crippen LogP contribution in [0.1, 0.15) is 32.6 Å². The SMILES string of the molecule is CC1CCC(CNc2nc3ccccc3nc2N)CC1. The van der Waals surface area contributed by atoms with Crippen molar-refractivity contribution in [3.05, 3.63) is 24.3 Å². The summed E-state index contributed by atoms with van der Waals surface area (Å²) >= 11 is 0. The van der Waals surface area contributed by atoms with Gasteiger partial charge in [-0.15, -0.1) is 0 Å². The smallest absolute Gasteiger partial charge is 0.169 e. The number of hydrogen-bond donors (Lipinski definition) is 2. The van der Waals surface area contributed by atoms with Gasteiger partial charge in [0.05, 0.1) is 11.0 Å². The molecule has 1 aliphatic carbocycles. The summed E-state index contributed by atoms with van der Waals surface area (Å²) in [6.07, 6.45) is 5.28. The largest absolute Gasteiger partial charge is 0.381 e. The molecule has 4 nitrogen and oxygen atoms in total. The molecular formula is C16H22N4. The van der Waals surface area contributed by atoms with Gasteiger partial charge in [0.2, 0.25) is 0 Å². The molecule has 2 aromatic rings. The molecule has 1 heterocycles. The first kappa shape index (κ1) is 13.2. The van der Waals surface area contributed by atoms with Crippen LogP contribution in [-0.4, -0.2) is 16.5 Å². The lowest BCUT2D eigenvalue weighted by Gasteiger charge is -2.26. The first-order valence-corrected chi connectivity index (χ1v) is 7.48. The van der Waals surface area contributed by atoms with Crippen molar-refractivity contribution in [2.45, 2.75) is 32.6 Å². The number of nitrogens with two attached hydrogens (primary N) is 1. The van der Waals surface area contributed by atoms with E-state index in [1.807, 2.05) is 24.3 Å². The molecule has 0 radical (unpaired) electrons. The fourth-order valence-corrected chi connectivity index (χ4v) is 2.92. The van der Waals surface area contributed by atoms with Crippen LogP contribution in [0.2, 0.25) is 0 Å². The third-order valence-electron chi connectivity index (χ3n) is 4.29. The Morgan fingerprint density at radius 2 is 1.75 bits per heavy atom. The van der Waals surface area contributed by atoms with Crippen LogP contribution in [-0.2, 0) is 0 Å². The molecule has 0 saturated heterocycles. The van der Waals surface area contributed by atoms with E-state index in [0.29, 0.717) is 5.82 Å². The summed E-state index contributed by atoms with van der Waals surface area (Å²) in [5.74, 6) is 2.84. The van der Waals surface area contributed by atoms with Gasteiger partial charge in [-0.25, -0.2) is 9.97 Å². The minimum atomic E-state index is 0.493. The lowest BCUT2D eigenvalue weighted by Crippen LogP contribution is -2.21. The van der Waals surface area contributed by atoms with Gasteiger partial charge in [-0.2, -0.15) is 0 Å². The van der Waals surface area contributed by atoms with Gasteiger partial charge in [-0.1, -0.05) is 31.9 Å². The normalized spacial score (nSPS) is 22.9. The van der Waals surface area contributed by atoms with E-state index in [4.69, 9.17) is 5.73 Å². The number of nitrogen functional groups attached to an aromatic ring is 1. The van der Waals surface area contributed by atoms with Crippen molar-refractivity contribution < 1.29 is 0 Å². The molecule has 0 unspecified atom stereocenters. The highest BCUT2D eigenvalue weighted by atomic mass is 15.1. The Hall–Kier alpha value is -1.84. The second-order valence-corrected chi connectivity index (χ2v) is 5.95. The zero-order valence-electron chi connectivity index (χ0n) is 12.0. The predicted molar refractivity (Wildman–Crippen MR) is 83.6 cm³/mol. The number of fused-ring (bicyclic) bond motifs is 1. The predicted octanol–water partition coefficient (Wildman–Crippen LogP) is 3.45. The molecule has 0 atom stereocenters. The van der Waals surface area contributed by atoms with Crippen LogP contribution in [0.4, 0.5) is 11.6 Å². The molecule has 0 aliphatic heterocycles. The molecule has 4 heteroatoms. The number of nitrogens with zero attached hydrogens (tertiary/aromatic N) is 2. The quantitative estimate of drug-likeness (QED) is 0.896. The van der Waals surface area contributed by atoms with E-state index in [1.54, 1.807) is 0 Å². The Morgan fingerprint density at radius 1 is 1.10 bits per heavy atom. The summed E-state index contributed by atoms with van der Waals surface area (Å²) in [6, 6.07) is 7.83. The number of aromatic nitrogens is 2. The Labute approximate surface area is 119 Å².